The van der Waals surface area contributed by atoms with Crippen molar-refractivity contribution in [2.45, 2.75) is 32.7 Å². The molecule has 0 saturated carbocycles. The van der Waals surface area contributed by atoms with Gasteiger partial charge in [-0.3, -0.25) is 9.69 Å². The molecule has 0 aliphatic carbocycles. The van der Waals surface area contributed by atoms with Crippen LogP contribution in [0.3, 0.4) is 0 Å². The van der Waals surface area contributed by atoms with E-state index in [-0.39, 0.29) is 12.0 Å². The highest BCUT2D eigenvalue weighted by molar-refractivity contribution is 5.73. The van der Waals surface area contributed by atoms with Crippen LogP contribution in [0.25, 0.3) is 0 Å². The summed E-state index contributed by atoms with van der Waals surface area (Å²) in [6.45, 7) is 4.07. The normalized spacial score (nSPS) is 13.8. The molecule has 72 valence electrons. The Morgan fingerprint density at radius 2 is 1.75 bits per heavy atom. The molecule has 0 aliphatic heterocycles. The van der Waals surface area contributed by atoms with E-state index in [0.717, 1.165) is 12.8 Å². The van der Waals surface area contributed by atoms with E-state index in [2.05, 4.69) is 0 Å². The first kappa shape index (κ1) is 11.4. The van der Waals surface area contributed by atoms with Gasteiger partial charge in [-0.05, 0) is 20.0 Å². The molecule has 3 nitrogen and oxygen atoms in total. The summed E-state index contributed by atoms with van der Waals surface area (Å²) in [5.74, 6) is -0.453. The first-order valence-corrected chi connectivity index (χ1v) is 4.43. The first-order chi connectivity index (χ1) is 5.54. The maximum Gasteiger partial charge on any atom is 0.321 e. The van der Waals surface area contributed by atoms with Crippen molar-refractivity contribution < 1.29 is 9.90 Å². The van der Waals surface area contributed by atoms with Crippen molar-refractivity contribution in [2.75, 3.05) is 14.1 Å². The van der Waals surface area contributed by atoms with Crippen LogP contribution in [-0.2, 0) is 4.79 Å². The van der Waals surface area contributed by atoms with Gasteiger partial charge in [-0.25, -0.2) is 0 Å². The van der Waals surface area contributed by atoms with Gasteiger partial charge in [0.2, 0.25) is 0 Å². The van der Waals surface area contributed by atoms with Crippen molar-refractivity contribution in [2.24, 2.45) is 5.92 Å². The highest BCUT2D eigenvalue weighted by atomic mass is 16.4. The van der Waals surface area contributed by atoms with Crippen molar-refractivity contribution in [1.29, 1.82) is 0 Å². The van der Waals surface area contributed by atoms with E-state index >= 15 is 0 Å². The first-order valence-electron chi connectivity index (χ1n) is 4.43. The summed E-state index contributed by atoms with van der Waals surface area (Å²) < 4.78 is 0. The van der Waals surface area contributed by atoms with Crippen LogP contribution in [0.1, 0.15) is 26.7 Å². The van der Waals surface area contributed by atoms with E-state index in [4.69, 9.17) is 5.11 Å². The van der Waals surface area contributed by atoms with Gasteiger partial charge >= 0.3 is 5.97 Å². The molecule has 0 saturated heterocycles. The fraction of sp³-hybridized carbons (Fsp3) is 0.889. The van der Waals surface area contributed by atoms with Gasteiger partial charge in [0.25, 0.3) is 0 Å². The van der Waals surface area contributed by atoms with Crippen molar-refractivity contribution >= 4 is 5.97 Å². The summed E-state index contributed by atoms with van der Waals surface area (Å²) in [5.41, 5.74) is 0. The van der Waals surface area contributed by atoms with Gasteiger partial charge in [0.1, 0.15) is 6.04 Å². The molecule has 0 unspecified atom stereocenters. The highest BCUT2D eigenvalue weighted by Crippen LogP contribution is 2.16. The monoisotopic (exact) mass is 173 g/mol. The van der Waals surface area contributed by atoms with Crippen molar-refractivity contribution in [3.05, 3.63) is 0 Å². The third kappa shape index (κ3) is 2.81. The molecule has 0 aromatic rings. The smallest absolute Gasteiger partial charge is 0.321 e. The van der Waals surface area contributed by atoms with Gasteiger partial charge in [0.05, 0.1) is 0 Å². The molecule has 0 aromatic heterocycles. The fourth-order valence-corrected chi connectivity index (χ4v) is 1.58. The number of hydrogen-bond acceptors (Lipinski definition) is 2. The Morgan fingerprint density at radius 3 is 1.83 bits per heavy atom. The third-order valence-electron chi connectivity index (χ3n) is 2.30. The predicted octanol–water partition coefficient (Wildman–Crippen LogP) is 1.44. The Morgan fingerprint density at radius 1 is 1.33 bits per heavy atom. The second-order valence-electron chi connectivity index (χ2n) is 3.32. The molecule has 0 fully saturated rings. The van der Waals surface area contributed by atoms with Crippen molar-refractivity contribution in [1.82, 2.24) is 4.90 Å². The van der Waals surface area contributed by atoms with Crippen LogP contribution in [0.15, 0.2) is 0 Å². The number of nitrogens with zero attached hydrogens (tertiary/aromatic N) is 1. The molecule has 0 heterocycles. The van der Waals surface area contributed by atoms with Crippen molar-refractivity contribution in [3.63, 3.8) is 0 Å². The van der Waals surface area contributed by atoms with Crippen molar-refractivity contribution in [3.8, 4) is 0 Å². The number of rotatable bonds is 5. The van der Waals surface area contributed by atoms with Crippen LogP contribution in [-0.4, -0.2) is 36.1 Å². The second-order valence-corrected chi connectivity index (χ2v) is 3.32. The SMILES string of the molecule is CCC(CC)[C@H](C(=O)O)N(C)C. The zero-order valence-electron chi connectivity index (χ0n) is 8.37. The maximum absolute atomic E-state index is 10.9. The molecule has 3 heteroatoms. The zero-order valence-corrected chi connectivity index (χ0v) is 8.37. The van der Waals surface area contributed by atoms with E-state index in [1.807, 2.05) is 27.9 Å². The Labute approximate surface area is 74.4 Å². The molecule has 0 spiro atoms. The molecule has 0 aliphatic rings. The molecular formula is C9H19NO2. The Hall–Kier alpha value is -0.570. The molecule has 12 heavy (non-hydrogen) atoms. The largest absolute Gasteiger partial charge is 0.480 e. The van der Waals surface area contributed by atoms with Crippen LogP contribution in [0, 0.1) is 5.92 Å². The molecule has 0 aromatic carbocycles. The number of carboxylic acids is 1. The third-order valence-corrected chi connectivity index (χ3v) is 2.30. The number of hydrogen-bond donors (Lipinski definition) is 1. The highest BCUT2D eigenvalue weighted by Gasteiger charge is 2.27. The molecule has 0 radical (unpaired) electrons. The minimum Gasteiger partial charge on any atom is -0.480 e. The molecular weight excluding hydrogens is 154 g/mol. The zero-order chi connectivity index (χ0) is 9.72. The Balaban J connectivity index is 4.36. The average molecular weight is 173 g/mol. The van der Waals surface area contributed by atoms with Crippen LogP contribution < -0.4 is 0 Å². The Bertz CT molecular complexity index is 141. The predicted molar refractivity (Wildman–Crippen MR) is 49.2 cm³/mol. The lowest BCUT2D eigenvalue weighted by atomic mass is 9.93. The lowest BCUT2D eigenvalue weighted by Crippen LogP contribution is -2.41. The standard InChI is InChI=1S/C9H19NO2/c1-5-7(6-2)8(9(11)12)10(3)4/h7-8H,5-6H2,1-4H3,(H,11,12)/t8-/m1/s1. The van der Waals surface area contributed by atoms with Crippen LogP contribution >= 0.6 is 0 Å². The fourth-order valence-electron chi connectivity index (χ4n) is 1.58. The summed E-state index contributed by atoms with van der Waals surface area (Å²) in [5, 5.41) is 8.93. The van der Waals surface area contributed by atoms with Gasteiger partial charge in [0.15, 0.2) is 0 Å². The Kier molecular flexibility index (Phi) is 4.90. The maximum atomic E-state index is 10.9. The number of aliphatic carboxylic acids is 1. The summed E-state index contributed by atoms with van der Waals surface area (Å²) >= 11 is 0. The summed E-state index contributed by atoms with van der Waals surface area (Å²) in [4.78, 5) is 12.6. The minimum absolute atomic E-state index is 0.262. The van der Waals surface area contributed by atoms with E-state index in [1.165, 1.54) is 0 Å². The second kappa shape index (κ2) is 5.14. The van der Waals surface area contributed by atoms with Gasteiger partial charge in [-0.15, -0.1) is 0 Å². The molecule has 1 atom stereocenters. The number of likely N-dealkylation sites (N-methyl/N-ethyl adjacent to an activating group) is 1. The average Bonchev–Trinajstić information content (AvgIpc) is 1.98. The lowest BCUT2D eigenvalue weighted by Gasteiger charge is -2.27. The minimum atomic E-state index is -0.714. The van der Waals surface area contributed by atoms with Gasteiger partial charge < -0.3 is 5.11 Å². The number of carboxylic acid groups (broad SMARTS) is 1. The van der Waals surface area contributed by atoms with E-state index in [0.29, 0.717) is 0 Å². The summed E-state index contributed by atoms with van der Waals surface area (Å²) in [6, 6.07) is -0.333. The van der Waals surface area contributed by atoms with E-state index in [9.17, 15) is 4.79 Å². The lowest BCUT2D eigenvalue weighted by molar-refractivity contribution is -0.144. The van der Waals surface area contributed by atoms with Gasteiger partial charge in [0, 0.05) is 0 Å². The van der Waals surface area contributed by atoms with Crippen LogP contribution in [0.4, 0.5) is 0 Å². The quantitative estimate of drug-likeness (QED) is 0.684. The van der Waals surface area contributed by atoms with E-state index in [1.54, 1.807) is 4.90 Å². The van der Waals surface area contributed by atoms with Gasteiger partial charge in [-0.1, -0.05) is 26.7 Å². The topological polar surface area (TPSA) is 40.5 Å². The molecule has 1 N–H and O–H groups in total. The summed E-state index contributed by atoms with van der Waals surface area (Å²) in [7, 11) is 3.63. The van der Waals surface area contributed by atoms with Crippen LogP contribution in [0.5, 0.6) is 0 Å². The van der Waals surface area contributed by atoms with E-state index < -0.39 is 5.97 Å². The van der Waals surface area contributed by atoms with Crippen LogP contribution in [0.2, 0.25) is 0 Å². The molecule has 0 bridgehead atoms. The summed E-state index contributed by atoms with van der Waals surface area (Å²) in [6.07, 6.45) is 1.84. The molecule has 0 amide bonds. The number of carbonyl (C=O) groups is 1. The molecule has 0 rings (SSSR count). The van der Waals surface area contributed by atoms with Gasteiger partial charge in [-0.2, -0.15) is 0 Å².